The van der Waals surface area contributed by atoms with Gasteiger partial charge in [-0.05, 0) is 24.1 Å². The summed E-state index contributed by atoms with van der Waals surface area (Å²) in [6, 6.07) is 13.4. The lowest BCUT2D eigenvalue weighted by Gasteiger charge is -2.14. The maximum atomic E-state index is 8.90. The van der Waals surface area contributed by atoms with Gasteiger partial charge in [0.1, 0.15) is 5.82 Å². The minimum absolute atomic E-state index is 0.0358. The van der Waals surface area contributed by atoms with Crippen LogP contribution < -0.4 is 16.4 Å². The van der Waals surface area contributed by atoms with Crippen LogP contribution >= 0.6 is 0 Å². The van der Waals surface area contributed by atoms with E-state index in [1.165, 1.54) is 0 Å². The molecule has 6 nitrogen and oxygen atoms in total. The number of nitrogen functional groups attached to an aromatic ring is 1. The van der Waals surface area contributed by atoms with E-state index < -0.39 is 0 Å². The van der Waals surface area contributed by atoms with Gasteiger partial charge in [-0.15, -0.1) is 0 Å². The Balaban J connectivity index is 2.21. The van der Waals surface area contributed by atoms with Crippen molar-refractivity contribution in [3.8, 4) is 6.19 Å². The van der Waals surface area contributed by atoms with E-state index in [9.17, 15) is 0 Å². The summed E-state index contributed by atoms with van der Waals surface area (Å²) in [7, 11) is 0. The number of nitrogens with one attached hydrogen (secondary N) is 2. The molecular weight excluding hydrogens is 276 g/mol. The van der Waals surface area contributed by atoms with Gasteiger partial charge in [0, 0.05) is 0 Å². The van der Waals surface area contributed by atoms with Crippen molar-refractivity contribution in [1.29, 1.82) is 5.26 Å². The number of nitrogens with zero attached hydrogens (tertiary/aromatic N) is 3. The predicted octanol–water partition coefficient (Wildman–Crippen LogP) is 2.65. The zero-order chi connectivity index (χ0) is 15.8. The van der Waals surface area contributed by atoms with Crippen LogP contribution in [-0.4, -0.2) is 10.9 Å². The molecule has 1 aromatic carbocycles. The minimum Gasteiger partial charge on any atom is -0.384 e. The lowest BCUT2D eigenvalue weighted by molar-refractivity contribution is 0.698. The number of nitrogens with two attached hydrogens (primary N) is 1. The smallest absolute Gasteiger partial charge is 0.209 e. The second kappa shape index (κ2) is 7.64. The Kier molecular flexibility index (Phi) is 5.32. The van der Waals surface area contributed by atoms with Crippen molar-refractivity contribution in [3.63, 3.8) is 0 Å². The third-order valence-electron chi connectivity index (χ3n) is 3.08. The number of nitriles is 1. The van der Waals surface area contributed by atoms with Crippen molar-refractivity contribution in [1.82, 2.24) is 10.3 Å². The molecule has 0 fully saturated rings. The van der Waals surface area contributed by atoms with Crippen LogP contribution in [0.5, 0.6) is 0 Å². The maximum absolute atomic E-state index is 8.90. The van der Waals surface area contributed by atoms with Gasteiger partial charge in [-0.1, -0.05) is 37.3 Å². The van der Waals surface area contributed by atoms with Crippen molar-refractivity contribution in [3.05, 3.63) is 54.2 Å². The normalized spacial score (nSPS) is 12.3. The third-order valence-corrected chi connectivity index (χ3v) is 3.08. The molecule has 22 heavy (non-hydrogen) atoms. The first-order valence-corrected chi connectivity index (χ1v) is 6.99. The first kappa shape index (κ1) is 15.3. The van der Waals surface area contributed by atoms with Gasteiger partial charge >= 0.3 is 0 Å². The van der Waals surface area contributed by atoms with Crippen LogP contribution in [0.2, 0.25) is 0 Å². The second-order valence-corrected chi connectivity index (χ2v) is 4.65. The van der Waals surface area contributed by atoms with Crippen LogP contribution in [0.15, 0.2) is 53.7 Å². The standard InChI is InChI=1S/C16H18N6/c1-2-14(12-6-4-3-5-7-12)22-16(20-11-17)21-13-8-9-15(18)19-10-13/h3-10,14H,2H2,1H3,(H2,18,19)(H2,20,21,22). The molecule has 1 aromatic heterocycles. The van der Waals surface area contributed by atoms with Crippen molar-refractivity contribution in [2.75, 3.05) is 11.1 Å². The fourth-order valence-electron chi connectivity index (χ4n) is 2.00. The maximum Gasteiger partial charge on any atom is 0.209 e. The largest absolute Gasteiger partial charge is 0.384 e. The number of hydrogen-bond acceptors (Lipinski definition) is 4. The molecule has 0 saturated carbocycles. The Morgan fingerprint density at radius 2 is 2.09 bits per heavy atom. The van der Waals surface area contributed by atoms with Gasteiger partial charge in [0.05, 0.1) is 17.9 Å². The van der Waals surface area contributed by atoms with Crippen molar-refractivity contribution >= 4 is 17.5 Å². The van der Waals surface area contributed by atoms with Crippen LogP contribution in [0.1, 0.15) is 24.9 Å². The van der Waals surface area contributed by atoms with E-state index in [2.05, 4.69) is 27.5 Å². The van der Waals surface area contributed by atoms with Gasteiger partial charge in [-0.3, -0.25) is 5.32 Å². The van der Waals surface area contributed by atoms with E-state index in [0.29, 0.717) is 17.5 Å². The SMILES string of the molecule is CCC(N=C(NC#N)Nc1ccc(N)nc1)c1ccccc1. The summed E-state index contributed by atoms with van der Waals surface area (Å²) in [5.41, 5.74) is 7.36. The molecule has 0 saturated heterocycles. The molecule has 2 rings (SSSR count). The van der Waals surface area contributed by atoms with Crippen molar-refractivity contribution < 1.29 is 0 Å². The zero-order valence-corrected chi connectivity index (χ0v) is 12.3. The topological polar surface area (TPSA) is 99.1 Å². The van der Waals surface area contributed by atoms with Crippen LogP contribution in [-0.2, 0) is 0 Å². The molecular formula is C16H18N6. The molecule has 0 radical (unpaired) electrons. The Morgan fingerprint density at radius 1 is 1.32 bits per heavy atom. The summed E-state index contributed by atoms with van der Waals surface area (Å²) in [4.78, 5) is 8.58. The van der Waals surface area contributed by atoms with Crippen molar-refractivity contribution in [2.24, 2.45) is 4.99 Å². The van der Waals surface area contributed by atoms with E-state index >= 15 is 0 Å². The van der Waals surface area contributed by atoms with E-state index in [0.717, 1.165) is 12.0 Å². The van der Waals surface area contributed by atoms with Gasteiger partial charge in [-0.2, -0.15) is 5.26 Å². The molecule has 1 heterocycles. The van der Waals surface area contributed by atoms with Crippen LogP contribution in [0.4, 0.5) is 11.5 Å². The molecule has 0 aliphatic heterocycles. The molecule has 4 N–H and O–H groups in total. The number of rotatable bonds is 4. The lowest BCUT2D eigenvalue weighted by atomic mass is 10.1. The Hall–Kier alpha value is -3.07. The molecule has 0 spiro atoms. The summed E-state index contributed by atoms with van der Waals surface area (Å²) in [5, 5.41) is 14.5. The Morgan fingerprint density at radius 3 is 2.68 bits per heavy atom. The molecule has 112 valence electrons. The van der Waals surface area contributed by atoms with Crippen LogP contribution in [0, 0.1) is 11.5 Å². The van der Waals surface area contributed by atoms with Crippen molar-refractivity contribution in [2.45, 2.75) is 19.4 Å². The predicted molar refractivity (Wildman–Crippen MR) is 87.9 cm³/mol. The summed E-state index contributed by atoms with van der Waals surface area (Å²) < 4.78 is 0. The summed E-state index contributed by atoms with van der Waals surface area (Å²) >= 11 is 0. The van der Waals surface area contributed by atoms with Gasteiger partial charge < -0.3 is 11.1 Å². The highest BCUT2D eigenvalue weighted by Crippen LogP contribution is 2.20. The average molecular weight is 294 g/mol. The quantitative estimate of drug-likeness (QED) is 0.348. The Labute approximate surface area is 129 Å². The number of anilines is 2. The second-order valence-electron chi connectivity index (χ2n) is 4.65. The molecule has 0 amide bonds. The molecule has 0 bridgehead atoms. The van der Waals surface area contributed by atoms with E-state index in [-0.39, 0.29) is 6.04 Å². The van der Waals surface area contributed by atoms with Gasteiger partial charge in [-0.25, -0.2) is 9.98 Å². The highest BCUT2D eigenvalue weighted by molar-refractivity contribution is 5.94. The molecule has 0 aliphatic carbocycles. The monoisotopic (exact) mass is 294 g/mol. The van der Waals surface area contributed by atoms with Gasteiger partial charge in [0.15, 0.2) is 6.19 Å². The number of guanidine groups is 1. The highest BCUT2D eigenvalue weighted by atomic mass is 15.2. The van der Waals surface area contributed by atoms with E-state index in [1.54, 1.807) is 18.3 Å². The van der Waals surface area contributed by atoms with Gasteiger partial charge in [0.2, 0.25) is 5.96 Å². The number of aromatic nitrogens is 1. The fourth-order valence-corrected chi connectivity index (χ4v) is 2.00. The number of benzene rings is 1. The van der Waals surface area contributed by atoms with Crippen LogP contribution in [0.3, 0.4) is 0 Å². The van der Waals surface area contributed by atoms with Crippen LogP contribution in [0.25, 0.3) is 0 Å². The van der Waals surface area contributed by atoms with E-state index in [1.807, 2.05) is 36.5 Å². The zero-order valence-electron chi connectivity index (χ0n) is 12.3. The first-order chi connectivity index (χ1) is 10.7. The number of pyridine rings is 1. The lowest BCUT2D eigenvalue weighted by Crippen LogP contribution is -2.27. The molecule has 1 unspecified atom stereocenters. The van der Waals surface area contributed by atoms with E-state index in [4.69, 9.17) is 11.0 Å². The number of hydrogen-bond donors (Lipinski definition) is 3. The minimum atomic E-state index is -0.0358. The highest BCUT2D eigenvalue weighted by Gasteiger charge is 2.09. The fraction of sp³-hybridized carbons (Fsp3) is 0.188. The van der Waals surface area contributed by atoms with Gasteiger partial charge in [0.25, 0.3) is 0 Å². The third kappa shape index (κ3) is 4.21. The summed E-state index contributed by atoms with van der Waals surface area (Å²) in [5.74, 6) is 0.817. The molecule has 2 aromatic rings. The summed E-state index contributed by atoms with van der Waals surface area (Å²) in [6.07, 6.45) is 4.30. The average Bonchev–Trinajstić information content (AvgIpc) is 2.55. The Bertz CT molecular complexity index is 657. The molecule has 1 atom stereocenters. The molecule has 0 aliphatic rings. The first-order valence-electron chi connectivity index (χ1n) is 6.99. The number of aliphatic imine (C=N–C) groups is 1. The summed E-state index contributed by atoms with van der Waals surface area (Å²) in [6.45, 7) is 2.05. The molecule has 6 heteroatoms.